The summed E-state index contributed by atoms with van der Waals surface area (Å²) in [6.07, 6.45) is -5.08. The Morgan fingerprint density at radius 2 is 1.50 bits per heavy atom. The van der Waals surface area contributed by atoms with E-state index in [0.717, 1.165) is 18.1 Å². The maximum absolute atomic E-state index is 12.2. The van der Waals surface area contributed by atoms with E-state index in [1.807, 2.05) is 6.92 Å². The molecule has 0 N–H and O–H groups in total. The highest BCUT2D eigenvalue weighted by atomic mass is 32.2. The van der Waals surface area contributed by atoms with Gasteiger partial charge in [-0.1, -0.05) is 13.8 Å². The fourth-order valence-corrected chi connectivity index (χ4v) is 5.15. The first-order valence-corrected chi connectivity index (χ1v) is 10.7. The number of rotatable bonds is 6. The third-order valence-corrected chi connectivity index (χ3v) is 7.08. The molecule has 168 valence electrons. The first-order chi connectivity index (χ1) is 12.2. The lowest BCUT2D eigenvalue weighted by atomic mass is 10.1. The lowest BCUT2D eigenvalue weighted by Gasteiger charge is -2.34. The number of carbonyl (C=O) groups excluding carboxylic acids is 1. The van der Waals surface area contributed by atoms with Crippen LogP contribution >= 0.6 is 0 Å². The van der Waals surface area contributed by atoms with Gasteiger partial charge in [-0.2, -0.15) is 39.5 Å². The highest BCUT2D eigenvalue weighted by molar-refractivity contribution is 7.97. The van der Waals surface area contributed by atoms with E-state index in [4.69, 9.17) is 0 Å². The van der Waals surface area contributed by atoms with Crippen molar-refractivity contribution in [2.75, 3.05) is 17.3 Å². The first-order valence-electron chi connectivity index (χ1n) is 7.53. The minimum absolute atomic E-state index is 0.461. The molecule has 1 saturated heterocycles. The average Bonchev–Trinajstić information content (AvgIpc) is 2.90. The van der Waals surface area contributed by atoms with Crippen molar-refractivity contribution in [3.8, 4) is 0 Å². The summed E-state index contributed by atoms with van der Waals surface area (Å²) in [6, 6.07) is 0. The summed E-state index contributed by atoms with van der Waals surface area (Å²) in [5.41, 5.74) is 0. The maximum atomic E-state index is 12.2. The van der Waals surface area contributed by atoms with Gasteiger partial charge in [-0.25, -0.2) is 8.42 Å². The van der Waals surface area contributed by atoms with Gasteiger partial charge in [0.2, 0.25) is 0 Å². The van der Waals surface area contributed by atoms with Gasteiger partial charge in [-0.15, -0.1) is 0 Å². The molecule has 1 fully saturated rings. The van der Waals surface area contributed by atoms with E-state index in [2.05, 4.69) is 6.92 Å². The van der Waals surface area contributed by atoms with Gasteiger partial charge >= 0.3 is 23.3 Å². The molecule has 0 saturated carbocycles. The molecule has 2 unspecified atom stereocenters. The highest BCUT2D eigenvalue weighted by Gasteiger charge is 2.83. The Morgan fingerprint density at radius 1 is 1.04 bits per heavy atom. The molecular weight excluding hydrogens is 455 g/mol. The van der Waals surface area contributed by atoms with Gasteiger partial charge in [-0.05, 0) is 17.3 Å². The second-order valence-electron chi connectivity index (χ2n) is 6.03. The molecule has 1 heterocycles. The third kappa shape index (κ3) is 5.90. The zero-order valence-corrected chi connectivity index (χ0v) is 16.1. The number of hydrogen-bond donors (Lipinski definition) is 0. The van der Waals surface area contributed by atoms with Crippen LogP contribution in [-0.4, -0.2) is 59.3 Å². The minimum Gasteiger partial charge on any atom is -0.743 e. The fourth-order valence-electron chi connectivity index (χ4n) is 1.92. The Morgan fingerprint density at radius 3 is 1.79 bits per heavy atom. The second-order valence-corrected chi connectivity index (χ2v) is 9.71. The normalized spacial score (nSPS) is 21.9. The van der Waals surface area contributed by atoms with Gasteiger partial charge in [0.1, 0.15) is 11.5 Å². The zero-order valence-electron chi connectivity index (χ0n) is 14.5. The molecule has 0 aromatic carbocycles. The molecular formula is C13H17F9O4S2. The van der Waals surface area contributed by atoms with Crippen molar-refractivity contribution in [3.63, 3.8) is 0 Å². The van der Waals surface area contributed by atoms with Crippen molar-refractivity contribution < 1.29 is 57.3 Å². The Balaban J connectivity index is 0.000000567. The zero-order chi connectivity index (χ0) is 22.8. The van der Waals surface area contributed by atoms with Gasteiger partial charge in [0, 0.05) is 12.3 Å². The van der Waals surface area contributed by atoms with Crippen molar-refractivity contribution in [2.45, 2.75) is 50.0 Å². The predicted molar refractivity (Wildman–Crippen MR) is 81.6 cm³/mol. The van der Waals surface area contributed by atoms with Crippen LogP contribution < -0.4 is 0 Å². The predicted octanol–water partition coefficient (Wildman–Crippen LogP) is 3.58. The van der Waals surface area contributed by atoms with E-state index in [1.165, 1.54) is 17.9 Å². The van der Waals surface area contributed by atoms with E-state index in [-0.39, 0.29) is 0 Å². The number of alkyl halides is 9. The van der Waals surface area contributed by atoms with Crippen LogP contribution in [0.2, 0.25) is 0 Å². The number of Topliss-reactive ketones (excluding diaryl/α,β-unsaturated/α-hetero) is 1. The topological polar surface area (TPSA) is 74.3 Å². The molecule has 0 spiro atoms. The van der Waals surface area contributed by atoms with Crippen LogP contribution in [0, 0.1) is 5.92 Å². The quantitative estimate of drug-likeness (QED) is 0.337. The number of halogens is 9. The first kappa shape index (κ1) is 27.3. The van der Waals surface area contributed by atoms with Crippen LogP contribution in [0.4, 0.5) is 39.5 Å². The van der Waals surface area contributed by atoms with Gasteiger partial charge in [-0.3, -0.25) is 4.79 Å². The molecule has 0 amide bonds. The number of carbonyl (C=O) groups is 1. The number of hydrogen-bond acceptors (Lipinski definition) is 4. The summed E-state index contributed by atoms with van der Waals surface area (Å²) < 4.78 is 135. The summed E-state index contributed by atoms with van der Waals surface area (Å²) in [7, 11) is -6.95. The summed E-state index contributed by atoms with van der Waals surface area (Å²) in [4.78, 5) is 11.1. The van der Waals surface area contributed by atoms with Crippen molar-refractivity contribution in [1.82, 2.24) is 0 Å². The van der Waals surface area contributed by atoms with Crippen LogP contribution in [0.15, 0.2) is 0 Å². The molecule has 2 atom stereocenters. The Kier molecular flexibility index (Phi) is 8.75. The average molecular weight is 472 g/mol. The van der Waals surface area contributed by atoms with Crippen molar-refractivity contribution >= 4 is 26.8 Å². The van der Waals surface area contributed by atoms with Crippen LogP contribution in [0.25, 0.3) is 0 Å². The molecule has 0 aliphatic carbocycles. The minimum atomic E-state index is -7.43. The fraction of sp³-hybridized carbons (Fsp3) is 0.923. The van der Waals surface area contributed by atoms with Gasteiger partial charge in [0.15, 0.2) is 21.7 Å². The maximum Gasteiger partial charge on any atom is 0.460 e. The summed E-state index contributed by atoms with van der Waals surface area (Å²) in [5.74, 6) is -9.98. The van der Waals surface area contributed by atoms with E-state index >= 15 is 0 Å². The third-order valence-electron chi connectivity index (χ3n) is 3.61. The van der Waals surface area contributed by atoms with Crippen molar-refractivity contribution in [3.05, 3.63) is 0 Å². The molecule has 0 bridgehead atoms. The summed E-state index contributed by atoms with van der Waals surface area (Å²) >= 11 is 0. The lowest BCUT2D eigenvalue weighted by molar-refractivity contribution is -0.382. The van der Waals surface area contributed by atoms with E-state index in [0.29, 0.717) is 16.7 Å². The van der Waals surface area contributed by atoms with Gasteiger partial charge < -0.3 is 4.55 Å². The largest absolute Gasteiger partial charge is 0.743 e. The monoisotopic (exact) mass is 472 g/mol. The summed E-state index contributed by atoms with van der Waals surface area (Å²) in [5, 5.41) is -7.11. The highest BCUT2D eigenvalue weighted by Crippen LogP contribution is 2.54. The van der Waals surface area contributed by atoms with Crippen molar-refractivity contribution in [2.24, 2.45) is 5.92 Å². The summed E-state index contributed by atoms with van der Waals surface area (Å²) in [6.45, 7) is 4.26. The van der Waals surface area contributed by atoms with Crippen LogP contribution in [0.1, 0.15) is 26.7 Å². The van der Waals surface area contributed by atoms with E-state index in [1.54, 1.807) is 0 Å². The smallest absolute Gasteiger partial charge is 0.460 e. The van der Waals surface area contributed by atoms with Gasteiger partial charge in [0.25, 0.3) is 0 Å². The second kappa shape index (κ2) is 8.98. The molecule has 28 heavy (non-hydrogen) atoms. The van der Waals surface area contributed by atoms with Crippen LogP contribution in [-0.2, 0) is 25.8 Å². The number of ketones is 1. The van der Waals surface area contributed by atoms with E-state index < -0.39 is 33.4 Å². The van der Waals surface area contributed by atoms with E-state index in [9.17, 15) is 57.3 Å². The van der Waals surface area contributed by atoms with Crippen molar-refractivity contribution in [1.29, 1.82) is 0 Å². The van der Waals surface area contributed by atoms with Crippen LogP contribution in [0.3, 0.4) is 0 Å². The molecule has 0 aromatic rings. The lowest BCUT2D eigenvalue weighted by Crippen LogP contribution is -2.63. The molecule has 4 nitrogen and oxygen atoms in total. The molecule has 1 aliphatic heterocycles. The molecule has 15 heteroatoms. The Labute approximate surface area is 157 Å². The SMILES string of the molecule is CCC(=O)C[S+]1CCC(C)C1.O=S(=O)([O-])C(F)(F)C(F)(F)C(F)(F)C(F)(F)F. The Hall–Kier alpha value is -0.700. The standard InChI is InChI=1S/C9H17OS.C4HF9O3S/c1-3-9(10)7-11-5-4-8(2)6-11;5-1(6,3(9,10)11)2(7,8)4(12,13)17(14,15)16/h8H,3-7H2,1-2H3;(H,14,15,16)/q+1;/p-1. The van der Waals surface area contributed by atoms with Gasteiger partial charge in [0.05, 0.1) is 0 Å². The molecule has 0 aromatic heterocycles. The van der Waals surface area contributed by atoms with Crippen LogP contribution in [0.5, 0.6) is 0 Å². The molecule has 1 aliphatic rings. The Bertz CT molecular complexity index is 647. The molecule has 1 rings (SSSR count). The molecule has 0 radical (unpaired) electrons.